The number of fused-ring (bicyclic) bond motifs is 1. The number of allylic oxidation sites excluding steroid dienone is 1. The first kappa shape index (κ1) is 16.3. The summed E-state index contributed by atoms with van der Waals surface area (Å²) < 4.78 is 5.12. The van der Waals surface area contributed by atoms with Gasteiger partial charge < -0.3 is 14.6 Å². The first-order chi connectivity index (χ1) is 12.7. The maximum Gasteiger partial charge on any atom is 0.212 e. The van der Waals surface area contributed by atoms with Crippen LogP contribution in [0.25, 0.3) is 22.2 Å². The van der Waals surface area contributed by atoms with Crippen molar-refractivity contribution in [3.05, 3.63) is 49.4 Å². The van der Waals surface area contributed by atoms with Crippen molar-refractivity contribution in [1.29, 1.82) is 0 Å². The minimum absolute atomic E-state index is 0.114. The van der Waals surface area contributed by atoms with Crippen molar-refractivity contribution in [3.63, 3.8) is 0 Å². The third kappa shape index (κ3) is 2.94. The summed E-state index contributed by atoms with van der Waals surface area (Å²) in [6, 6.07) is 5.98. The number of ketones is 1. The maximum absolute atomic E-state index is 11.5. The molecule has 1 fully saturated rings. The number of anilines is 1. The first-order valence-corrected chi connectivity index (χ1v) is 8.55. The zero-order chi connectivity index (χ0) is 18.1. The van der Waals surface area contributed by atoms with Crippen molar-refractivity contribution in [3.8, 4) is 17.0 Å². The van der Waals surface area contributed by atoms with Crippen molar-refractivity contribution in [2.45, 2.75) is 6.42 Å². The van der Waals surface area contributed by atoms with Crippen LogP contribution in [0.5, 0.6) is 5.88 Å². The van der Waals surface area contributed by atoms with Gasteiger partial charge in [-0.2, -0.15) is 0 Å². The molecule has 1 saturated heterocycles. The molecular weight excluding hydrogens is 328 g/mol. The maximum atomic E-state index is 11.5. The molecule has 4 rings (SSSR count). The molecule has 0 bridgehead atoms. The minimum Gasteiger partial charge on any atom is -0.481 e. The average molecular weight is 348 g/mol. The number of nitrogens with one attached hydrogen (secondary N) is 1. The Kier molecular flexibility index (Phi) is 4.16. The third-order valence-corrected chi connectivity index (χ3v) is 4.81. The number of aromatic nitrogens is 3. The predicted molar refractivity (Wildman–Crippen MR) is 101 cm³/mol. The van der Waals surface area contributed by atoms with Gasteiger partial charge in [0.05, 0.1) is 19.0 Å². The van der Waals surface area contributed by atoms with E-state index in [0.717, 1.165) is 40.9 Å². The smallest absolute Gasteiger partial charge is 0.212 e. The van der Waals surface area contributed by atoms with Crippen LogP contribution in [0.3, 0.4) is 0 Å². The first-order valence-electron chi connectivity index (χ1n) is 8.55. The highest BCUT2D eigenvalue weighted by Gasteiger charge is 2.28. The number of ether oxygens (including phenoxy) is 1. The second-order valence-electron chi connectivity index (χ2n) is 6.53. The van der Waals surface area contributed by atoms with Crippen molar-refractivity contribution in [2.75, 3.05) is 25.1 Å². The lowest BCUT2D eigenvalue weighted by atomic mass is 9.93. The normalized spacial score (nSPS) is 14.3. The molecule has 1 N–H and O–H groups in total. The summed E-state index contributed by atoms with van der Waals surface area (Å²) in [6.45, 7) is 5.28. The number of aromatic amines is 1. The van der Waals surface area contributed by atoms with E-state index in [9.17, 15) is 4.79 Å². The molecule has 0 spiro atoms. The molecule has 132 valence electrons. The van der Waals surface area contributed by atoms with Gasteiger partial charge in [-0.3, -0.25) is 4.79 Å². The number of hydrogen-bond donors (Lipinski definition) is 1. The predicted octanol–water partition coefficient (Wildman–Crippen LogP) is 3.21. The van der Waals surface area contributed by atoms with Crippen molar-refractivity contribution >= 4 is 22.5 Å². The second kappa shape index (κ2) is 6.63. The lowest BCUT2D eigenvalue weighted by molar-refractivity contribution is -0.115. The van der Waals surface area contributed by atoms with Gasteiger partial charge in [-0.1, -0.05) is 6.58 Å². The molecule has 3 aromatic rings. The Hall–Kier alpha value is -3.15. The molecule has 0 aliphatic carbocycles. The largest absolute Gasteiger partial charge is 0.481 e. The van der Waals surface area contributed by atoms with Crippen molar-refractivity contribution in [2.24, 2.45) is 5.92 Å². The molecule has 0 amide bonds. The van der Waals surface area contributed by atoms with E-state index in [1.807, 2.05) is 24.5 Å². The van der Waals surface area contributed by atoms with Crippen LogP contribution in [0.2, 0.25) is 0 Å². The molecule has 0 atom stereocenters. The average Bonchev–Trinajstić information content (AvgIpc) is 3.07. The van der Waals surface area contributed by atoms with Crippen LogP contribution in [0, 0.1) is 5.92 Å². The number of H-pyrrole nitrogens is 1. The van der Waals surface area contributed by atoms with Crippen LogP contribution in [0.1, 0.15) is 6.42 Å². The summed E-state index contributed by atoms with van der Waals surface area (Å²) in [6.07, 6.45) is 7.61. The Morgan fingerprint density at radius 3 is 2.92 bits per heavy atom. The van der Waals surface area contributed by atoms with E-state index in [1.165, 1.54) is 6.08 Å². The number of hydrogen-bond acceptors (Lipinski definition) is 5. The molecule has 1 aliphatic heterocycles. The number of rotatable bonds is 6. The molecule has 1 aliphatic rings. The Balaban J connectivity index is 1.57. The van der Waals surface area contributed by atoms with E-state index >= 15 is 0 Å². The Labute approximate surface area is 151 Å². The SMILES string of the molecule is C=CC(=O)CC1CN(c2cnc3[nH]cc(-c4ccc(OC)nc4)c3c2)C1. The molecule has 6 nitrogen and oxygen atoms in total. The Morgan fingerprint density at radius 2 is 2.23 bits per heavy atom. The fraction of sp³-hybridized carbons (Fsp3) is 0.250. The van der Waals surface area contributed by atoms with Gasteiger partial charge in [0.2, 0.25) is 5.88 Å². The number of pyridine rings is 2. The van der Waals surface area contributed by atoms with Gasteiger partial charge in [-0.05, 0) is 18.2 Å². The molecule has 6 heteroatoms. The highest BCUT2D eigenvalue weighted by Crippen LogP contribution is 2.33. The van der Waals surface area contributed by atoms with Gasteiger partial charge in [0, 0.05) is 60.4 Å². The van der Waals surface area contributed by atoms with Gasteiger partial charge in [-0.25, -0.2) is 9.97 Å². The number of methoxy groups -OCH3 is 1. The van der Waals surface area contributed by atoms with Crippen LogP contribution in [-0.4, -0.2) is 40.9 Å². The van der Waals surface area contributed by atoms with Crippen molar-refractivity contribution < 1.29 is 9.53 Å². The van der Waals surface area contributed by atoms with Gasteiger partial charge in [0.1, 0.15) is 5.65 Å². The summed E-state index contributed by atoms with van der Waals surface area (Å²) in [5, 5.41) is 1.06. The fourth-order valence-corrected chi connectivity index (χ4v) is 3.34. The molecule has 0 saturated carbocycles. The van der Waals surface area contributed by atoms with Crippen molar-refractivity contribution in [1.82, 2.24) is 15.0 Å². The lowest BCUT2D eigenvalue weighted by Crippen LogP contribution is -2.47. The minimum atomic E-state index is 0.114. The molecule has 26 heavy (non-hydrogen) atoms. The summed E-state index contributed by atoms with van der Waals surface area (Å²) >= 11 is 0. The lowest BCUT2D eigenvalue weighted by Gasteiger charge is -2.40. The summed E-state index contributed by atoms with van der Waals surface area (Å²) in [4.78, 5) is 25.8. The Bertz CT molecular complexity index is 956. The molecule has 0 aromatic carbocycles. The summed E-state index contributed by atoms with van der Waals surface area (Å²) in [5.41, 5.74) is 3.98. The van der Waals surface area contributed by atoms with E-state index in [1.54, 1.807) is 13.3 Å². The van der Waals surface area contributed by atoms with Crippen LogP contribution in [-0.2, 0) is 4.79 Å². The van der Waals surface area contributed by atoms with E-state index < -0.39 is 0 Å². The van der Waals surface area contributed by atoms with Crippen LogP contribution >= 0.6 is 0 Å². The molecule has 3 aromatic heterocycles. The van der Waals surface area contributed by atoms with E-state index in [4.69, 9.17) is 4.74 Å². The number of carbonyl (C=O) groups is 1. The summed E-state index contributed by atoms with van der Waals surface area (Å²) in [7, 11) is 1.60. The van der Waals surface area contributed by atoms with Crippen LogP contribution in [0.15, 0.2) is 49.4 Å². The highest BCUT2D eigenvalue weighted by molar-refractivity contribution is 5.95. The molecule has 4 heterocycles. The molecule has 0 radical (unpaired) electrons. The molecular formula is C20H20N4O2. The quantitative estimate of drug-likeness (QED) is 0.693. The van der Waals surface area contributed by atoms with E-state index in [0.29, 0.717) is 18.2 Å². The van der Waals surface area contributed by atoms with E-state index in [-0.39, 0.29) is 5.78 Å². The zero-order valence-corrected chi connectivity index (χ0v) is 14.6. The monoisotopic (exact) mass is 348 g/mol. The topological polar surface area (TPSA) is 71.1 Å². The number of nitrogens with zero attached hydrogens (tertiary/aromatic N) is 3. The molecule has 0 unspecified atom stereocenters. The number of carbonyl (C=O) groups excluding carboxylic acids is 1. The van der Waals surface area contributed by atoms with Crippen LogP contribution < -0.4 is 9.64 Å². The standard InChI is InChI=1S/C20H20N4O2/c1-3-16(25)6-13-11-24(12-13)15-7-17-18(10-23-20(17)22-9-15)14-4-5-19(26-2)21-8-14/h3-5,7-10,13H,1,6,11-12H2,2H3,(H,22,23). The van der Waals surface area contributed by atoms with Crippen LogP contribution in [0.4, 0.5) is 5.69 Å². The highest BCUT2D eigenvalue weighted by atomic mass is 16.5. The van der Waals surface area contributed by atoms with E-state index in [2.05, 4.69) is 32.5 Å². The third-order valence-electron chi connectivity index (χ3n) is 4.81. The summed E-state index contributed by atoms with van der Waals surface area (Å²) in [5.74, 6) is 1.10. The van der Waals surface area contributed by atoms with Gasteiger partial charge in [0.15, 0.2) is 5.78 Å². The second-order valence-corrected chi connectivity index (χ2v) is 6.53. The zero-order valence-electron chi connectivity index (χ0n) is 14.6. The Morgan fingerprint density at radius 1 is 1.38 bits per heavy atom. The van der Waals surface area contributed by atoms with Gasteiger partial charge in [0.25, 0.3) is 0 Å². The van der Waals surface area contributed by atoms with Gasteiger partial charge in [-0.15, -0.1) is 0 Å². The van der Waals surface area contributed by atoms with Gasteiger partial charge >= 0.3 is 0 Å². The fourth-order valence-electron chi connectivity index (χ4n) is 3.34.